The van der Waals surface area contributed by atoms with E-state index in [2.05, 4.69) is 25.6 Å². The first kappa shape index (κ1) is 19.3. The molecule has 2 rings (SSSR count). The lowest BCUT2D eigenvalue weighted by atomic mass is 10.4. The van der Waals surface area contributed by atoms with Crippen LogP contribution in [-0.2, 0) is 14.3 Å². The second kappa shape index (κ2) is 8.41. The number of carbonyl (C=O) groups is 2. The fourth-order valence-corrected chi connectivity index (χ4v) is 2.30. The van der Waals surface area contributed by atoms with Crippen LogP contribution in [0, 0.1) is 0 Å². The van der Waals surface area contributed by atoms with E-state index in [1.54, 1.807) is 6.92 Å². The summed E-state index contributed by atoms with van der Waals surface area (Å²) < 4.78 is 6.31. The number of hydrogen-bond acceptors (Lipinski definition) is 9. The molecular formula is C15H25N8O3+. The molecule has 11 nitrogen and oxygen atoms in total. The Balaban J connectivity index is 2.35. The Morgan fingerprint density at radius 1 is 1.31 bits per heavy atom. The SMILES string of the molecule is CCNc1nc(NC(C)C)nc([N+]2=C(N)N(CC(=O)OCC)C(=O)C2)n1. The van der Waals surface area contributed by atoms with Gasteiger partial charge >= 0.3 is 11.9 Å². The van der Waals surface area contributed by atoms with Gasteiger partial charge in [-0.3, -0.25) is 4.79 Å². The molecular weight excluding hydrogens is 340 g/mol. The first-order chi connectivity index (χ1) is 12.3. The third-order valence-corrected chi connectivity index (χ3v) is 3.36. The number of nitrogens with two attached hydrogens (primary N) is 1. The van der Waals surface area contributed by atoms with Gasteiger partial charge < -0.3 is 21.1 Å². The Labute approximate surface area is 151 Å². The first-order valence-corrected chi connectivity index (χ1v) is 8.48. The van der Waals surface area contributed by atoms with Crippen LogP contribution in [0.2, 0.25) is 0 Å². The summed E-state index contributed by atoms with van der Waals surface area (Å²) in [6.07, 6.45) is 0. The highest BCUT2D eigenvalue weighted by atomic mass is 16.5. The Morgan fingerprint density at radius 3 is 2.62 bits per heavy atom. The van der Waals surface area contributed by atoms with Crippen molar-refractivity contribution >= 4 is 35.7 Å². The molecule has 0 bridgehead atoms. The number of ether oxygens (including phenoxy) is 1. The van der Waals surface area contributed by atoms with Crippen molar-refractivity contribution in [2.75, 3.05) is 36.9 Å². The maximum Gasteiger partial charge on any atom is 0.363 e. The number of aromatic nitrogens is 3. The van der Waals surface area contributed by atoms with Crippen LogP contribution < -0.4 is 16.4 Å². The molecule has 0 fully saturated rings. The third kappa shape index (κ3) is 4.55. The second-order valence-electron chi connectivity index (χ2n) is 5.84. The molecule has 1 aromatic rings. The standard InChI is InChI=1S/C15H24N8O3/c1-5-17-13-19-14(18-9(3)4)21-15(20-13)23-7-10(24)22(12(23)16)8-11(25)26-6-2/h9,16H,5-8H2,1-4H3,(H2,17,18,19,20,21)/p+1. The fourth-order valence-electron chi connectivity index (χ4n) is 2.30. The maximum absolute atomic E-state index is 12.3. The molecule has 2 heterocycles. The van der Waals surface area contributed by atoms with E-state index in [-0.39, 0.29) is 43.6 Å². The molecule has 0 unspecified atom stereocenters. The van der Waals surface area contributed by atoms with Gasteiger partial charge in [0.15, 0.2) is 6.54 Å². The Bertz CT molecular complexity index is 719. The molecule has 1 aromatic heterocycles. The van der Waals surface area contributed by atoms with Crippen LogP contribution in [0.15, 0.2) is 0 Å². The Morgan fingerprint density at radius 2 is 2.00 bits per heavy atom. The van der Waals surface area contributed by atoms with Gasteiger partial charge in [0.1, 0.15) is 6.54 Å². The zero-order chi connectivity index (χ0) is 19.3. The number of guanidine groups is 1. The van der Waals surface area contributed by atoms with Gasteiger partial charge in [-0.1, -0.05) is 9.97 Å². The molecule has 0 spiro atoms. The molecule has 0 radical (unpaired) electrons. The van der Waals surface area contributed by atoms with Crippen molar-refractivity contribution in [3.8, 4) is 0 Å². The minimum atomic E-state index is -0.531. The monoisotopic (exact) mass is 365 g/mol. The van der Waals surface area contributed by atoms with Crippen molar-refractivity contribution in [1.82, 2.24) is 19.9 Å². The number of esters is 1. The van der Waals surface area contributed by atoms with Gasteiger partial charge in [-0.2, -0.15) is 4.98 Å². The molecule has 1 aliphatic heterocycles. The van der Waals surface area contributed by atoms with E-state index in [1.807, 2.05) is 20.8 Å². The number of rotatable bonds is 8. The number of carbonyl (C=O) groups excluding carboxylic acids is 2. The van der Waals surface area contributed by atoms with E-state index in [9.17, 15) is 9.59 Å². The zero-order valence-corrected chi connectivity index (χ0v) is 15.4. The minimum Gasteiger partial charge on any atom is -0.464 e. The number of hydrogen-bond donors (Lipinski definition) is 3. The molecule has 4 N–H and O–H groups in total. The molecule has 1 aliphatic rings. The van der Waals surface area contributed by atoms with E-state index in [0.29, 0.717) is 18.4 Å². The van der Waals surface area contributed by atoms with E-state index >= 15 is 0 Å². The minimum absolute atomic E-state index is 0.0675. The smallest absolute Gasteiger partial charge is 0.363 e. The number of anilines is 2. The molecule has 142 valence electrons. The topological polar surface area (TPSA) is 138 Å². The third-order valence-electron chi connectivity index (χ3n) is 3.36. The van der Waals surface area contributed by atoms with E-state index in [4.69, 9.17) is 10.5 Å². The van der Waals surface area contributed by atoms with Crippen molar-refractivity contribution in [3.63, 3.8) is 0 Å². The predicted molar refractivity (Wildman–Crippen MR) is 95.1 cm³/mol. The molecule has 26 heavy (non-hydrogen) atoms. The molecule has 0 saturated carbocycles. The summed E-state index contributed by atoms with van der Waals surface area (Å²) in [6.45, 7) is 8.05. The molecule has 11 heteroatoms. The van der Waals surface area contributed by atoms with Gasteiger partial charge in [0.2, 0.25) is 0 Å². The van der Waals surface area contributed by atoms with Gasteiger partial charge in [-0.15, -0.1) is 0 Å². The Hall–Kier alpha value is -2.98. The van der Waals surface area contributed by atoms with Crippen LogP contribution in [0.5, 0.6) is 0 Å². The van der Waals surface area contributed by atoms with Gasteiger partial charge in [0, 0.05) is 12.6 Å². The van der Waals surface area contributed by atoms with Crippen molar-refractivity contribution in [2.24, 2.45) is 5.73 Å². The van der Waals surface area contributed by atoms with Gasteiger partial charge in [-0.25, -0.2) is 14.3 Å². The van der Waals surface area contributed by atoms with Crippen LogP contribution in [0.25, 0.3) is 0 Å². The summed E-state index contributed by atoms with van der Waals surface area (Å²) in [5, 5.41) is 6.12. The van der Waals surface area contributed by atoms with Gasteiger partial charge in [-0.05, 0) is 27.7 Å². The molecule has 0 atom stereocenters. The predicted octanol–water partition coefficient (Wildman–Crippen LogP) is -0.512. The van der Waals surface area contributed by atoms with Gasteiger partial charge in [0.05, 0.1) is 6.61 Å². The van der Waals surface area contributed by atoms with Crippen LogP contribution in [0.3, 0.4) is 0 Å². The van der Waals surface area contributed by atoms with E-state index in [0.717, 1.165) is 4.90 Å². The number of amides is 1. The van der Waals surface area contributed by atoms with Crippen molar-refractivity contribution in [1.29, 1.82) is 0 Å². The average molecular weight is 365 g/mol. The molecule has 0 aliphatic carbocycles. The van der Waals surface area contributed by atoms with Gasteiger partial charge in [0.25, 0.3) is 23.8 Å². The van der Waals surface area contributed by atoms with Crippen molar-refractivity contribution in [2.45, 2.75) is 33.7 Å². The lowest BCUT2D eigenvalue weighted by Crippen LogP contribution is -2.42. The highest BCUT2D eigenvalue weighted by Gasteiger charge is 2.37. The summed E-state index contributed by atoms with van der Waals surface area (Å²) in [5.74, 6) is 0.162. The first-order valence-electron chi connectivity index (χ1n) is 8.48. The number of nitrogens with zero attached hydrogens (tertiary/aromatic N) is 5. The summed E-state index contributed by atoms with van der Waals surface area (Å²) in [7, 11) is 0. The average Bonchev–Trinajstić information content (AvgIpc) is 2.83. The number of nitrogens with one attached hydrogen (secondary N) is 2. The van der Waals surface area contributed by atoms with Crippen LogP contribution in [0.1, 0.15) is 27.7 Å². The van der Waals surface area contributed by atoms with E-state index in [1.165, 1.54) is 4.58 Å². The lowest BCUT2D eigenvalue weighted by Gasteiger charge is -2.11. The lowest BCUT2D eigenvalue weighted by molar-refractivity contribution is -0.432. The van der Waals surface area contributed by atoms with Crippen LogP contribution in [-0.4, -0.2) is 74.5 Å². The van der Waals surface area contributed by atoms with Crippen molar-refractivity contribution < 1.29 is 18.9 Å². The quantitative estimate of drug-likeness (QED) is 0.410. The summed E-state index contributed by atoms with van der Waals surface area (Å²) in [5.41, 5.74) is 6.06. The summed E-state index contributed by atoms with van der Waals surface area (Å²) >= 11 is 0. The highest BCUT2D eigenvalue weighted by molar-refractivity contribution is 6.00. The second-order valence-corrected chi connectivity index (χ2v) is 5.84. The highest BCUT2D eigenvalue weighted by Crippen LogP contribution is 2.16. The zero-order valence-electron chi connectivity index (χ0n) is 15.4. The molecule has 0 aromatic carbocycles. The fraction of sp³-hybridized carbons (Fsp3) is 0.600. The normalized spacial score (nSPS) is 14.2. The molecule has 1 amide bonds. The molecule has 0 saturated heterocycles. The maximum atomic E-state index is 12.3. The largest absolute Gasteiger partial charge is 0.464 e. The van der Waals surface area contributed by atoms with Crippen LogP contribution >= 0.6 is 0 Å². The van der Waals surface area contributed by atoms with E-state index < -0.39 is 5.97 Å². The van der Waals surface area contributed by atoms with Crippen LogP contribution in [0.4, 0.5) is 17.8 Å². The summed E-state index contributed by atoms with van der Waals surface area (Å²) in [4.78, 5) is 38.0. The van der Waals surface area contributed by atoms with Crippen molar-refractivity contribution in [3.05, 3.63) is 0 Å². The summed E-state index contributed by atoms with van der Waals surface area (Å²) in [6, 6.07) is 0.113. The Kier molecular flexibility index (Phi) is 6.26.